The fourth-order valence-electron chi connectivity index (χ4n) is 4.11. The van der Waals surface area contributed by atoms with Crippen LogP contribution >= 0.6 is 35.7 Å². The molecule has 2 heterocycles. The van der Waals surface area contributed by atoms with Gasteiger partial charge in [-0.3, -0.25) is 4.90 Å². The summed E-state index contributed by atoms with van der Waals surface area (Å²) in [6.45, 7) is 9.39. The van der Waals surface area contributed by atoms with E-state index in [0.29, 0.717) is 18.5 Å². The first-order valence-electron chi connectivity index (χ1n) is 10.9. The molecule has 9 heteroatoms. The number of thioether (sulfide) groups is 1. The van der Waals surface area contributed by atoms with Crippen molar-refractivity contribution in [1.82, 2.24) is 15.5 Å². The molecule has 176 valence electrons. The van der Waals surface area contributed by atoms with Crippen LogP contribution < -0.4 is 10.6 Å². The van der Waals surface area contributed by atoms with Gasteiger partial charge in [0, 0.05) is 50.5 Å². The quantitative estimate of drug-likeness (QED) is 0.272. The minimum absolute atomic E-state index is 0. The lowest BCUT2D eigenvalue weighted by Gasteiger charge is -2.37. The molecule has 2 aliphatic rings. The van der Waals surface area contributed by atoms with Crippen molar-refractivity contribution in [2.45, 2.75) is 31.7 Å². The standard InChI is InChI=1S/C22H35FN4O2S.HI/c1-3-24-22(25-13-17-4-5-20(23)12-19(17)16-30-2)26-14-21(18-6-9-29-15-18)27-7-10-28-11-8-27;/h4-5,12,18,21H,3,6-11,13-16H2,1-2H3,(H2,24,25,26);1H. The van der Waals surface area contributed by atoms with Crippen LogP contribution in [0.1, 0.15) is 24.5 Å². The summed E-state index contributed by atoms with van der Waals surface area (Å²) in [5, 5.41) is 6.90. The van der Waals surface area contributed by atoms with Crippen LogP contribution in [-0.2, 0) is 21.8 Å². The third kappa shape index (κ3) is 8.34. The first kappa shape index (κ1) is 26.6. The maximum absolute atomic E-state index is 13.6. The first-order chi connectivity index (χ1) is 14.7. The predicted molar refractivity (Wildman–Crippen MR) is 137 cm³/mol. The number of halogens is 2. The lowest BCUT2D eigenvalue weighted by molar-refractivity contribution is 0.00246. The molecule has 1 aromatic rings. The topological polar surface area (TPSA) is 58.1 Å². The third-order valence-electron chi connectivity index (χ3n) is 5.72. The summed E-state index contributed by atoms with van der Waals surface area (Å²) in [6, 6.07) is 5.39. The van der Waals surface area contributed by atoms with Crippen molar-refractivity contribution in [2.24, 2.45) is 10.9 Å². The summed E-state index contributed by atoms with van der Waals surface area (Å²) in [6.07, 6.45) is 3.13. The number of rotatable bonds is 9. The van der Waals surface area contributed by atoms with Crippen molar-refractivity contribution in [1.29, 1.82) is 0 Å². The molecule has 2 unspecified atom stereocenters. The Morgan fingerprint density at radius 2 is 2.03 bits per heavy atom. The number of morpholine rings is 1. The number of hydrogen-bond acceptors (Lipinski definition) is 5. The Bertz CT molecular complexity index is 685. The molecule has 2 aliphatic heterocycles. The van der Waals surface area contributed by atoms with Crippen LogP contribution in [-0.4, -0.2) is 75.8 Å². The Labute approximate surface area is 207 Å². The fourth-order valence-corrected chi connectivity index (χ4v) is 4.68. The first-order valence-corrected chi connectivity index (χ1v) is 12.3. The van der Waals surface area contributed by atoms with E-state index < -0.39 is 0 Å². The second-order valence-electron chi connectivity index (χ2n) is 7.76. The molecule has 2 saturated heterocycles. The third-order valence-corrected chi connectivity index (χ3v) is 6.32. The summed E-state index contributed by atoms with van der Waals surface area (Å²) >= 11 is 1.69. The van der Waals surface area contributed by atoms with E-state index in [0.717, 1.165) is 81.9 Å². The molecule has 1 aromatic carbocycles. The van der Waals surface area contributed by atoms with E-state index >= 15 is 0 Å². The molecule has 0 aliphatic carbocycles. The van der Waals surface area contributed by atoms with Crippen LogP contribution in [0.25, 0.3) is 0 Å². The SMILES string of the molecule is CCNC(=NCc1ccc(F)cc1CSC)NCC(C1CCOC1)N1CCOCC1.I. The highest BCUT2D eigenvalue weighted by atomic mass is 127. The van der Waals surface area contributed by atoms with Crippen molar-refractivity contribution in [3.05, 3.63) is 35.1 Å². The van der Waals surface area contributed by atoms with E-state index in [-0.39, 0.29) is 29.8 Å². The summed E-state index contributed by atoms with van der Waals surface area (Å²) in [5.41, 5.74) is 2.08. The maximum atomic E-state index is 13.6. The highest BCUT2D eigenvalue weighted by Crippen LogP contribution is 2.22. The molecule has 2 N–H and O–H groups in total. The average Bonchev–Trinajstić information content (AvgIpc) is 3.29. The van der Waals surface area contributed by atoms with Gasteiger partial charge in [0.05, 0.1) is 26.4 Å². The fraction of sp³-hybridized carbons (Fsp3) is 0.682. The number of aliphatic imine (C=N–C) groups is 1. The van der Waals surface area contributed by atoms with Gasteiger partial charge in [-0.15, -0.1) is 24.0 Å². The van der Waals surface area contributed by atoms with Crippen LogP contribution in [0.4, 0.5) is 4.39 Å². The Morgan fingerprint density at radius 3 is 2.71 bits per heavy atom. The molecular weight excluding hydrogens is 530 g/mol. The number of hydrogen-bond donors (Lipinski definition) is 2. The van der Waals surface area contributed by atoms with E-state index in [2.05, 4.69) is 22.5 Å². The van der Waals surface area contributed by atoms with Crippen LogP contribution in [0.5, 0.6) is 0 Å². The van der Waals surface area contributed by atoms with Crippen molar-refractivity contribution >= 4 is 41.7 Å². The van der Waals surface area contributed by atoms with Crippen molar-refractivity contribution < 1.29 is 13.9 Å². The highest BCUT2D eigenvalue weighted by Gasteiger charge is 2.31. The monoisotopic (exact) mass is 566 g/mol. The lowest BCUT2D eigenvalue weighted by atomic mass is 9.97. The molecule has 0 saturated carbocycles. The normalized spacial score (nSPS) is 20.9. The van der Waals surface area contributed by atoms with E-state index in [9.17, 15) is 4.39 Å². The molecular formula is C22H36FIN4O2S. The molecule has 3 rings (SSSR count). The Kier molecular flexibility index (Phi) is 12.5. The van der Waals surface area contributed by atoms with E-state index in [1.54, 1.807) is 17.8 Å². The molecule has 0 spiro atoms. The van der Waals surface area contributed by atoms with E-state index in [1.165, 1.54) is 6.07 Å². The summed E-state index contributed by atoms with van der Waals surface area (Å²) in [4.78, 5) is 7.31. The molecule has 0 aromatic heterocycles. The molecule has 0 bridgehead atoms. The van der Waals surface area contributed by atoms with Gasteiger partial charge in [0.25, 0.3) is 0 Å². The second kappa shape index (κ2) is 14.5. The van der Waals surface area contributed by atoms with Gasteiger partial charge in [-0.1, -0.05) is 6.07 Å². The highest BCUT2D eigenvalue weighted by molar-refractivity contribution is 14.0. The number of ether oxygens (including phenoxy) is 2. The Hall–Kier alpha value is -0.620. The largest absolute Gasteiger partial charge is 0.381 e. The molecule has 6 nitrogen and oxygen atoms in total. The van der Waals surface area contributed by atoms with Crippen molar-refractivity contribution in [3.8, 4) is 0 Å². The van der Waals surface area contributed by atoms with Crippen molar-refractivity contribution in [2.75, 3.05) is 58.9 Å². The molecule has 2 atom stereocenters. The minimum atomic E-state index is -0.191. The zero-order valence-corrected chi connectivity index (χ0v) is 21.7. The van der Waals surface area contributed by atoms with Gasteiger partial charge >= 0.3 is 0 Å². The van der Waals surface area contributed by atoms with Gasteiger partial charge in [0.2, 0.25) is 0 Å². The van der Waals surface area contributed by atoms with Crippen LogP contribution in [0.3, 0.4) is 0 Å². The average molecular weight is 567 g/mol. The zero-order chi connectivity index (χ0) is 21.2. The predicted octanol–water partition coefficient (Wildman–Crippen LogP) is 3.10. The summed E-state index contributed by atoms with van der Waals surface area (Å²) in [5.74, 6) is 1.93. The second-order valence-corrected chi connectivity index (χ2v) is 8.63. The number of nitrogens with zero attached hydrogens (tertiary/aromatic N) is 2. The summed E-state index contributed by atoms with van der Waals surface area (Å²) < 4.78 is 24.8. The molecule has 2 fully saturated rings. The number of nitrogens with one attached hydrogen (secondary N) is 2. The smallest absolute Gasteiger partial charge is 0.191 e. The van der Waals surface area contributed by atoms with Gasteiger partial charge in [0.1, 0.15) is 5.82 Å². The van der Waals surface area contributed by atoms with Gasteiger partial charge in [-0.2, -0.15) is 11.8 Å². The van der Waals surface area contributed by atoms with Gasteiger partial charge in [-0.25, -0.2) is 9.38 Å². The maximum Gasteiger partial charge on any atom is 0.191 e. The van der Waals surface area contributed by atoms with Gasteiger partial charge in [-0.05, 0) is 42.9 Å². The van der Waals surface area contributed by atoms with Gasteiger partial charge in [0.15, 0.2) is 5.96 Å². The minimum Gasteiger partial charge on any atom is -0.381 e. The van der Waals surface area contributed by atoms with Crippen LogP contribution in [0.2, 0.25) is 0 Å². The number of benzene rings is 1. The molecule has 31 heavy (non-hydrogen) atoms. The lowest BCUT2D eigenvalue weighted by Crippen LogP contribution is -2.53. The Balaban J connectivity index is 0.00000341. The van der Waals surface area contributed by atoms with E-state index in [4.69, 9.17) is 14.5 Å². The number of guanidine groups is 1. The van der Waals surface area contributed by atoms with Gasteiger partial charge < -0.3 is 20.1 Å². The van der Waals surface area contributed by atoms with Crippen LogP contribution in [0.15, 0.2) is 23.2 Å². The Morgan fingerprint density at radius 1 is 1.23 bits per heavy atom. The summed E-state index contributed by atoms with van der Waals surface area (Å²) in [7, 11) is 0. The molecule has 0 radical (unpaired) electrons. The van der Waals surface area contributed by atoms with Crippen LogP contribution in [0, 0.1) is 11.7 Å². The molecule has 0 amide bonds. The zero-order valence-electron chi connectivity index (χ0n) is 18.6. The van der Waals surface area contributed by atoms with E-state index in [1.807, 2.05) is 12.3 Å². The van der Waals surface area contributed by atoms with Crippen molar-refractivity contribution in [3.63, 3.8) is 0 Å².